The van der Waals surface area contributed by atoms with Crippen LogP contribution in [0.15, 0.2) is 52.9 Å². The van der Waals surface area contributed by atoms with Crippen LogP contribution in [-0.2, 0) is 11.3 Å². The molecule has 23 heavy (non-hydrogen) atoms. The summed E-state index contributed by atoms with van der Waals surface area (Å²) in [5.74, 6) is -0.754. The van der Waals surface area contributed by atoms with E-state index >= 15 is 0 Å². The molecular weight excluding hydrogens is 323 g/mol. The third-order valence-electron chi connectivity index (χ3n) is 2.95. The highest BCUT2D eigenvalue weighted by molar-refractivity contribution is 6.30. The zero-order valence-corrected chi connectivity index (χ0v) is 12.5. The molecule has 0 unspecified atom stereocenters. The number of hydrogen-bond donors (Lipinski definition) is 0. The van der Waals surface area contributed by atoms with E-state index in [9.17, 15) is 9.18 Å². The van der Waals surface area contributed by atoms with Gasteiger partial charge in [-0.2, -0.15) is 0 Å². The van der Waals surface area contributed by atoms with Crippen molar-refractivity contribution in [2.45, 2.75) is 6.61 Å². The van der Waals surface area contributed by atoms with E-state index in [1.807, 2.05) is 0 Å². The van der Waals surface area contributed by atoms with E-state index in [4.69, 9.17) is 20.8 Å². The van der Waals surface area contributed by atoms with Gasteiger partial charge in [-0.05, 0) is 42.5 Å². The fraction of sp³-hybridized carbons (Fsp3) is 0.0625. The summed E-state index contributed by atoms with van der Waals surface area (Å²) < 4.78 is 23.5. The molecule has 0 bridgehead atoms. The number of aromatic nitrogens is 2. The first kappa shape index (κ1) is 15.2. The minimum atomic E-state index is -0.671. The van der Waals surface area contributed by atoms with Crippen molar-refractivity contribution in [3.63, 3.8) is 0 Å². The molecule has 0 fully saturated rings. The van der Waals surface area contributed by atoms with Gasteiger partial charge in [0.05, 0.1) is 5.56 Å². The quantitative estimate of drug-likeness (QED) is 0.678. The largest absolute Gasteiger partial charge is 0.452 e. The Labute approximate surface area is 135 Å². The third kappa shape index (κ3) is 3.73. The van der Waals surface area contributed by atoms with Crippen molar-refractivity contribution in [3.05, 3.63) is 70.8 Å². The van der Waals surface area contributed by atoms with Crippen molar-refractivity contribution in [2.75, 3.05) is 0 Å². The SMILES string of the molecule is O=C(OCc1nnc(-c2ccc(Cl)cc2)o1)c1cccc(F)c1. The molecule has 1 heterocycles. The Morgan fingerprint density at radius 1 is 1.17 bits per heavy atom. The summed E-state index contributed by atoms with van der Waals surface area (Å²) in [7, 11) is 0. The summed E-state index contributed by atoms with van der Waals surface area (Å²) in [4.78, 5) is 11.8. The molecule has 0 saturated carbocycles. The van der Waals surface area contributed by atoms with Gasteiger partial charge in [-0.3, -0.25) is 0 Å². The predicted octanol–water partition coefficient (Wildman–Crippen LogP) is 3.89. The van der Waals surface area contributed by atoms with Gasteiger partial charge in [-0.25, -0.2) is 9.18 Å². The number of esters is 1. The number of ether oxygens (including phenoxy) is 1. The molecule has 3 rings (SSSR count). The molecule has 0 atom stereocenters. The van der Waals surface area contributed by atoms with E-state index < -0.39 is 11.8 Å². The fourth-order valence-corrected chi connectivity index (χ4v) is 1.97. The second kappa shape index (κ2) is 6.58. The van der Waals surface area contributed by atoms with Gasteiger partial charge in [0.2, 0.25) is 5.89 Å². The molecule has 0 amide bonds. The lowest BCUT2D eigenvalue weighted by molar-refractivity contribution is 0.0438. The highest BCUT2D eigenvalue weighted by atomic mass is 35.5. The van der Waals surface area contributed by atoms with Gasteiger partial charge in [0.25, 0.3) is 5.89 Å². The average molecular weight is 333 g/mol. The zero-order valence-electron chi connectivity index (χ0n) is 11.7. The molecule has 0 saturated heterocycles. The summed E-state index contributed by atoms with van der Waals surface area (Å²) in [6.45, 7) is -0.198. The second-order valence-corrected chi connectivity index (χ2v) is 5.03. The molecule has 116 valence electrons. The molecule has 7 heteroatoms. The third-order valence-corrected chi connectivity index (χ3v) is 3.20. The Bertz CT molecular complexity index is 833. The lowest BCUT2D eigenvalue weighted by Gasteiger charge is -2.01. The van der Waals surface area contributed by atoms with Crippen LogP contribution in [0, 0.1) is 5.82 Å². The van der Waals surface area contributed by atoms with Crippen LogP contribution in [0.3, 0.4) is 0 Å². The van der Waals surface area contributed by atoms with E-state index in [0.717, 1.165) is 6.07 Å². The standard InChI is InChI=1S/C16H10ClFN2O3/c17-12-6-4-10(5-7-12)15-20-19-14(23-15)9-22-16(21)11-2-1-3-13(18)8-11/h1-8H,9H2. The maximum Gasteiger partial charge on any atom is 0.338 e. The van der Waals surface area contributed by atoms with Crippen molar-refractivity contribution < 1.29 is 18.3 Å². The van der Waals surface area contributed by atoms with E-state index in [1.54, 1.807) is 24.3 Å². The number of nitrogens with zero attached hydrogens (tertiary/aromatic N) is 2. The van der Waals surface area contributed by atoms with E-state index in [0.29, 0.717) is 16.5 Å². The Hall–Kier alpha value is -2.73. The van der Waals surface area contributed by atoms with Crippen LogP contribution >= 0.6 is 11.6 Å². The van der Waals surface area contributed by atoms with Crippen LogP contribution in [0.25, 0.3) is 11.5 Å². The van der Waals surface area contributed by atoms with Crippen LogP contribution in [0.1, 0.15) is 16.2 Å². The summed E-state index contributed by atoms with van der Waals surface area (Å²) in [6, 6.07) is 12.1. The van der Waals surface area contributed by atoms with E-state index in [2.05, 4.69) is 10.2 Å². The summed E-state index contributed by atoms with van der Waals surface area (Å²) in [5.41, 5.74) is 0.812. The van der Waals surface area contributed by atoms with Crippen LogP contribution in [-0.4, -0.2) is 16.2 Å². The molecule has 2 aromatic carbocycles. The highest BCUT2D eigenvalue weighted by Crippen LogP contribution is 2.20. The maximum atomic E-state index is 13.1. The van der Waals surface area contributed by atoms with Crippen molar-refractivity contribution in [1.29, 1.82) is 0 Å². The first-order valence-electron chi connectivity index (χ1n) is 6.63. The smallest absolute Gasteiger partial charge is 0.338 e. The topological polar surface area (TPSA) is 65.2 Å². The predicted molar refractivity (Wildman–Crippen MR) is 80.3 cm³/mol. The Morgan fingerprint density at radius 3 is 2.70 bits per heavy atom. The molecular formula is C16H10ClFN2O3. The monoisotopic (exact) mass is 332 g/mol. The number of carbonyl (C=O) groups is 1. The van der Waals surface area contributed by atoms with Gasteiger partial charge >= 0.3 is 5.97 Å². The molecule has 0 spiro atoms. The first-order valence-corrected chi connectivity index (χ1v) is 7.00. The summed E-state index contributed by atoms with van der Waals surface area (Å²) >= 11 is 5.81. The molecule has 0 aliphatic rings. The first-order chi connectivity index (χ1) is 11.1. The summed E-state index contributed by atoms with van der Waals surface area (Å²) in [6.07, 6.45) is 0. The van der Waals surface area contributed by atoms with Crippen LogP contribution in [0.5, 0.6) is 0 Å². The lowest BCUT2D eigenvalue weighted by Crippen LogP contribution is -2.05. The maximum absolute atomic E-state index is 13.1. The number of hydrogen-bond acceptors (Lipinski definition) is 5. The van der Waals surface area contributed by atoms with Crippen LogP contribution < -0.4 is 0 Å². The number of benzene rings is 2. The highest BCUT2D eigenvalue weighted by Gasteiger charge is 2.12. The molecule has 1 aromatic heterocycles. The van der Waals surface area contributed by atoms with Crippen molar-refractivity contribution in [2.24, 2.45) is 0 Å². The van der Waals surface area contributed by atoms with Gasteiger partial charge < -0.3 is 9.15 Å². The molecule has 0 aliphatic heterocycles. The average Bonchev–Trinajstić information content (AvgIpc) is 3.02. The lowest BCUT2D eigenvalue weighted by atomic mass is 10.2. The number of carbonyl (C=O) groups excluding carboxylic acids is 1. The van der Waals surface area contributed by atoms with E-state index in [1.165, 1.54) is 18.2 Å². The molecule has 0 radical (unpaired) electrons. The van der Waals surface area contributed by atoms with Crippen molar-refractivity contribution >= 4 is 17.6 Å². The second-order valence-electron chi connectivity index (χ2n) is 4.59. The molecule has 5 nitrogen and oxygen atoms in total. The number of rotatable bonds is 4. The molecule has 0 aliphatic carbocycles. The van der Waals surface area contributed by atoms with Gasteiger partial charge in [-0.15, -0.1) is 10.2 Å². The minimum Gasteiger partial charge on any atom is -0.452 e. The number of halogens is 2. The van der Waals surface area contributed by atoms with Crippen LogP contribution in [0.4, 0.5) is 4.39 Å². The molecule has 3 aromatic rings. The Morgan fingerprint density at radius 2 is 1.96 bits per heavy atom. The van der Waals surface area contributed by atoms with Gasteiger partial charge in [-0.1, -0.05) is 17.7 Å². The van der Waals surface area contributed by atoms with Gasteiger partial charge in [0.1, 0.15) is 5.82 Å². The van der Waals surface area contributed by atoms with Gasteiger partial charge in [0.15, 0.2) is 6.61 Å². The van der Waals surface area contributed by atoms with Crippen LogP contribution in [0.2, 0.25) is 5.02 Å². The fourth-order valence-electron chi connectivity index (χ4n) is 1.85. The Balaban J connectivity index is 1.65. The molecule has 0 N–H and O–H groups in total. The minimum absolute atomic E-state index is 0.113. The normalized spacial score (nSPS) is 10.5. The van der Waals surface area contributed by atoms with Crippen molar-refractivity contribution in [3.8, 4) is 11.5 Å². The van der Waals surface area contributed by atoms with Crippen molar-refractivity contribution in [1.82, 2.24) is 10.2 Å². The van der Waals surface area contributed by atoms with Gasteiger partial charge in [0, 0.05) is 10.6 Å². The summed E-state index contributed by atoms with van der Waals surface area (Å²) in [5, 5.41) is 8.26. The van der Waals surface area contributed by atoms with E-state index in [-0.39, 0.29) is 18.1 Å². The zero-order chi connectivity index (χ0) is 16.2. The Kier molecular flexibility index (Phi) is 4.34.